The van der Waals surface area contributed by atoms with E-state index in [0.29, 0.717) is 4.47 Å². The van der Waals surface area contributed by atoms with Crippen molar-refractivity contribution in [1.29, 1.82) is 0 Å². The fourth-order valence-electron chi connectivity index (χ4n) is 0.716. The average molecular weight is 237 g/mol. The first-order chi connectivity index (χ1) is 5.15. The lowest BCUT2D eigenvalue weighted by atomic mass is 10.3. The van der Waals surface area contributed by atoms with E-state index in [0.717, 1.165) is 0 Å². The van der Waals surface area contributed by atoms with Gasteiger partial charge in [0.2, 0.25) is 5.75 Å². The van der Waals surface area contributed by atoms with E-state index in [2.05, 4.69) is 15.9 Å². The molecule has 0 aliphatic rings. The summed E-state index contributed by atoms with van der Waals surface area (Å²) >= 11 is 3.14. The van der Waals surface area contributed by atoms with Crippen molar-refractivity contribution in [1.82, 2.24) is 0 Å². The van der Waals surface area contributed by atoms with Gasteiger partial charge in [-0.3, -0.25) is 0 Å². The van der Waals surface area contributed by atoms with Crippen molar-refractivity contribution in [2.24, 2.45) is 0 Å². The fourth-order valence-corrected chi connectivity index (χ4v) is 1.14. The van der Waals surface area contributed by atoms with E-state index in [1.807, 2.05) is 0 Å². The molecule has 0 amide bonds. The van der Waals surface area contributed by atoms with Crippen LogP contribution in [0.4, 0.5) is 0 Å². The van der Waals surface area contributed by atoms with Gasteiger partial charge >= 0.3 is 0 Å². The Morgan fingerprint density at radius 3 is 2.42 bits per heavy atom. The van der Waals surface area contributed by atoms with E-state index in [1.165, 1.54) is 13.2 Å². The van der Waals surface area contributed by atoms with Crippen molar-refractivity contribution < 1.29 is 20.4 Å². The van der Waals surface area contributed by atoms with Crippen LogP contribution in [0.2, 0.25) is 0 Å². The molecule has 0 unspecified atom stereocenters. The molecule has 5 heteroatoms. The van der Waals surface area contributed by atoms with Crippen LogP contribution < -0.4 is 4.74 Å². The minimum atomic E-state index is -0.240. The highest BCUT2D eigenvalue weighted by atomic mass is 79.9. The summed E-state index contributed by atoms with van der Waals surface area (Å²) in [5, 5.41) is 18.2. The van der Waals surface area contributed by atoms with Gasteiger partial charge < -0.3 is 20.4 Å². The van der Waals surface area contributed by atoms with Crippen LogP contribution in [0.5, 0.6) is 17.2 Å². The Morgan fingerprint density at radius 1 is 1.33 bits per heavy atom. The molecule has 0 saturated carbocycles. The van der Waals surface area contributed by atoms with E-state index in [4.69, 9.17) is 14.9 Å². The molecule has 4 nitrogen and oxygen atoms in total. The first kappa shape index (κ1) is 11.1. The van der Waals surface area contributed by atoms with Crippen LogP contribution >= 0.6 is 15.9 Å². The van der Waals surface area contributed by atoms with Crippen LogP contribution in [0.15, 0.2) is 16.6 Å². The van der Waals surface area contributed by atoms with Crippen LogP contribution in [-0.4, -0.2) is 22.8 Å². The van der Waals surface area contributed by atoms with Gasteiger partial charge in [0.25, 0.3) is 0 Å². The molecule has 0 saturated heterocycles. The van der Waals surface area contributed by atoms with Crippen LogP contribution in [0.1, 0.15) is 0 Å². The van der Waals surface area contributed by atoms with Gasteiger partial charge in [0, 0.05) is 4.47 Å². The minimum Gasteiger partial charge on any atom is -0.504 e. The number of hydrogen-bond acceptors (Lipinski definition) is 3. The fraction of sp³-hybridized carbons (Fsp3) is 0.143. The molecule has 12 heavy (non-hydrogen) atoms. The molecule has 1 aromatic carbocycles. The second kappa shape index (κ2) is 4.18. The lowest BCUT2D eigenvalue weighted by Gasteiger charge is -2.04. The standard InChI is InChI=1S/C7H7BrO3.H2O/c1-11-6-3-4(8)2-5(9)7(6)10;/h2-3,9-10H,1H3;1H2. The second-order valence-electron chi connectivity index (χ2n) is 1.98. The van der Waals surface area contributed by atoms with Gasteiger partial charge in [0.05, 0.1) is 7.11 Å². The largest absolute Gasteiger partial charge is 0.504 e. The number of benzene rings is 1. The quantitative estimate of drug-likeness (QED) is 0.716. The molecule has 0 aliphatic carbocycles. The van der Waals surface area contributed by atoms with E-state index >= 15 is 0 Å². The molecule has 1 aromatic rings. The summed E-state index contributed by atoms with van der Waals surface area (Å²) in [5.74, 6) is -0.191. The maximum Gasteiger partial charge on any atom is 0.200 e. The van der Waals surface area contributed by atoms with Crippen molar-refractivity contribution >= 4 is 15.9 Å². The Kier molecular flexibility index (Phi) is 3.85. The van der Waals surface area contributed by atoms with E-state index < -0.39 is 0 Å². The molecule has 68 valence electrons. The highest BCUT2D eigenvalue weighted by Crippen LogP contribution is 2.37. The van der Waals surface area contributed by atoms with E-state index in [-0.39, 0.29) is 22.7 Å². The Hall–Kier alpha value is -0.940. The van der Waals surface area contributed by atoms with Crippen LogP contribution in [0.25, 0.3) is 0 Å². The number of hydrogen-bond donors (Lipinski definition) is 2. The number of ether oxygens (including phenoxy) is 1. The lowest BCUT2D eigenvalue weighted by Crippen LogP contribution is -1.83. The van der Waals surface area contributed by atoms with E-state index in [9.17, 15) is 0 Å². The minimum absolute atomic E-state index is 0. The van der Waals surface area contributed by atoms with Crippen molar-refractivity contribution in [3.05, 3.63) is 16.6 Å². The molecule has 0 heterocycles. The third-order valence-corrected chi connectivity index (χ3v) is 1.70. The van der Waals surface area contributed by atoms with Gasteiger partial charge in [-0.1, -0.05) is 15.9 Å². The number of methoxy groups -OCH3 is 1. The number of rotatable bonds is 1. The maximum atomic E-state index is 9.13. The third-order valence-electron chi connectivity index (χ3n) is 1.24. The highest BCUT2D eigenvalue weighted by molar-refractivity contribution is 9.10. The Labute approximate surface area is 77.8 Å². The topological polar surface area (TPSA) is 81.2 Å². The Bertz CT molecular complexity index is 274. The Balaban J connectivity index is 0.00000121. The normalized spacial score (nSPS) is 8.83. The zero-order valence-corrected chi connectivity index (χ0v) is 7.92. The van der Waals surface area contributed by atoms with Gasteiger partial charge in [-0.25, -0.2) is 0 Å². The molecule has 1 rings (SSSR count). The predicted molar refractivity (Wildman–Crippen MR) is 47.6 cm³/mol. The van der Waals surface area contributed by atoms with Gasteiger partial charge in [-0.15, -0.1) is 0 Å². The number of halogens is 1. The molecule has 0 spiro atoms. The highest BCUT2D eigenvalue weighted by Gasteiger charge is 2.07. The number of phenolic OH excluding ortho intramolecular Hbond substituents is 2. The summed E-state index contributed by atoms with van der Waals surface area (Å²) in [5.41, 5.74) is 0. The second-order valence-corrected chi connectivity index (χ2v) is 2.89. The molecular formula is C7H9BrO4. The molecule has 0 aromatic heterocycles. The first-order valence-corrected chi connectivity index (χ1v) is 3.70. The maximum absolute atomic E-state index is 9.13. The molecule has 0 aliphatic heterocycles. The first-order valence-electron chi connectivity index (χ1n) is 2.90. The molecule has 0 fully saturated rings. The lowest BCUT2D eigenvalue weighted by molar-refractivity contribution is 0.350. The van der Waals surface area contributed by atoms with Gasteiger partial charge in [-0.05, 0) is 12.1 Å². The molecule has 0 atom stereocenters. The predicted octanol–water partition coefficient (Wildman–Crippen LogP) is 1.04. The monoisotopic (exact) mass is 236 g/mol. The summed E-state index contributed by atoms with van der Waals surface area (Å²) < 4.78 is 5.42. The number of phenols is 2. The van der Waals surface area contributed by atoms with Crippen molar-refractivity contribution in [3.63, 3.8) is 0 Å². The van der Waals surface area contributed by atoms with Gasteiger partial charge in [0.15, 0.2) is 11.5 Å². The summed E-state index contributed by atoms with van der Waals surface area (Å²) in [6.07, 6.45) is 0. The van der Waals surface area contributed by atoms with Crippen molar-refractivity contribution in [3.8, 4) is 17.2 Å². The molecular weight excluding hydrogens is 228 g/mol. The molecule has 0 radical (unpaired) electrons. The van der Waals surface area contributed by atoms with Crippen molar-refractivity contribution in [2.75, 3.05) is 7.11 Å². The molecule has 0 bridgehead atoms. The van der Waals surface area contributed by atoms with Crippen LogP contribution in [0.3, 0.4) is 0 Å². The summed E-state index contributed by atoms with van der Waals surface area (Å²) in [6.45, 7) is 0. The zero-order chi connectivity index (χ0) is 8.43. The average Bonchev–Trinajstić information content (AvgIpc) is 1.96. The zero-order valence-electron chi connectivity index (χ0n) is 6.34. The van der Waals surface area contributed by atoms with Gasteiger partial charge in [-0.2, -0.15) is 0 Å². The SMILES string of the molecule is COc1cc(Br)cc(O)c1O.O. The van der Waals surface area contributed by atoms with Crippen LogP contribution in [-0.2, 0) is 0 Å². The van der Waals surface area contributed by atoms with Gasteiger partial charge in [0.1, 0.15) is 0 Å². The Morgan fingerprint density at radius 2 is 1.92 bits per heavy atom. The molecule has 4 N–H and O–H groups in total. The summed E-state index contributed by atoms with van der Waals surface area (Å²) in [4.78, 5) is 0. The van der Waals surface area contributed by atoms with E-state index in [1.54, 1.807) is 6.07 Å². The van der Waals surface area contributed by atoms with Crippen LogP contribution in [0, 0.1) is 0 Å². The van der Waals surface area contributed by atoms with Crippen molar-refractivity contribution in [2.45, 2.75) is 0 Å². The third kappa shape index (κ3) is 2.02. The summed E-state index contributed by atoms with van der Waals surface area (Å²) in [7, 11) is 1.42. The smallest absolute Gasteiger partial charge is 0.200 e. The number of aromatic hydroxyl groups is 2. The summed E-state index contributed by atoms with van der Waals surface area (Å²) in [6, 6.07) is 2.95.